The van der Waals surface area contributed by atoms with Gasteiger partial charge in [0, 0.05) is 12.6 Å². The highest BCUT2D eigenvalue weighted by molar-refractivity contribution is 7.89. The number of amides is 1. The average molecular weight is 362 g/mol. The predicted octanol–water partition coefficient (Wildman–Crippen LogP) is 1.16. The quantitative estimate of drug-likeness (QED) is 0.833. The van der Waals surface area contributed by atoms with Crippen LogP contribution in [0.3, 0.4) is 0 Å². The van der Waals surface area contributed by atoms with Crippen LogP contribution in [0, 0.1) is 0 Å². The molecule has 1 amide bonds. The van der Waals surface area contributed by atoms with Gasteiger partial charge < -0.3 is 14.8 Å². The van der Waals surface area contributed by atoms with Crippen LogP contribution in [0.4, 0.5) is 0 Å². The first-order valence-electron chi connectivity index (χ1n) is 7.70. The summed E-state index contributed by atoms with van der Waals surface area (Å²) in [5, 5.41) is 2.48. The summed E-state index contributed by atoms with van der Waals surface area (Å²) in [5.41, 5.74) is 0.391. The van der Waals surface area contributed by atoms with Gasteiger partial charge >= 0.3 is 0 Å². The maximum Gasteiger partial charge on any atom is 0.251 e. The van der Waals surface area contributed by atoms with Crippen LogP contribution in [0.1, 0.15) is 10.4 Å². The van der Waals surface area contributed by atoms with Crippen molar-refractivity contribution in [3.8, 4) is 11.5 Å². The Balaban J connectivity index is 1.63. The molecular weight excluding hydrogens is 344 g/mol. The van der Waals surface area contributed by atoms with Gasteiger partial charge in [0.05, 0.1) is 11.4 Å². The van der Waals surface area contributed by atoms with Crippen LogP contribution in [0.5, 0.6) is 11.5 Å². The fraction of sp³-hybridized carbons (Fsp3) is 0.235. The van der Waals surface area contributed by atoms with E-state index < -0.39 is 16.1 Å². The average Bonchev–Trinajstić information content (AvgIpc) is 2.65. The highest BCUT2D eigenvalue weighted by Crippen LogP contribution is 2.30. The highest BCUT2D eigenvalue weighted by atomic mass is 32.2. The van der Waals surface area contributed by atoms with Crippen molar-refractivity contribution in [2.45, 2.75) is 11.0 Å². The molecule has 2 aromatic rings. The number of ether oxygens (including phenoxy) is 2. The molecule has 0 radical (unpaired) electrons. The van der Waals surface area contributed by atoms with Crippen molar-refractivity contribution < 1.29 is 22.7 Å². The van der Waals surface area contributed by atoms with Gasteiger partial charge in [-0.1, -0.05) is 12.1 Å². The number of carbonyl (C=O) groups is 1. The standard InChI is InChI=1S/C17H18N2O5S/c1-18-17(20)12-6-8-14(9-7-12)25(21,22)19-10-13-11-23-15-4-2-3-5-16(15)24-13/h2-9,13,19H,10-11H2,1H3,(H,18,20)/t13-/m0/s1. The molecule has 0 bridgehead atoms. The highest BCUT2D eigenvalue weighted by Gasteiger charge is 2.23. The lowest BCUT2D eigenvalue weighted by atomic mass is 10.2. The van der Waals surface area contributed by atoms with Gasteiger partial charge in [0.25, 0.3) is 5.91 Å². The maximum absolute atomic E-state index is 12.4. The predicted molar refractivity (Wildman–Crippen MR) is 91.4 cm³/mol. The first-order valence-corrected chi connectivity index (χ1v) is 9.18. The Hall–Kier alpha value is -2.58. The van der Waals surface area contributed by atoms with Gasteiger partial charge in [-0.2, -0.15) is 0 Å². The van der Waals surface area contributed by atoms with E-state index in [1.807, 2.05) is 12.1 Å². The molecule has 0 saturated heterocycles. The van der Waals surface area contributed by atoms with E-state index in [2.05, 4.69) is 10.0 Å². The lowest BCUT2D eigenvalue weighted by molar-refractivity contribution is 0.0943. The molecule has 3 rings (SSSR count). The van der Waals surface area contributed by atoms with Crippen LogP contribution in [0.15, 0.2) is 53.4 Å². The molecule has 0 unspecified atom stereocenters. The van der Waals surface area contributed by atoms with Crippen LogP contribution in [0.25, 0.3) is 0 Å². The Bertz CT molecular complexity index is 865. The van der Waals surface area contributed by atoms with Gasteiger partial charge in [-0.3, -0.25) is 4.79 Å². The number of carbonyl (C=O) groups excluding carboxylic acids is 1. The number of sulfonamides is 1. The van der Waals surface area contributed by atoms with Crippen molar-refractivity contribution >= 4 is 15.9 Å². The Morgan fingerprint density at radius 3 is 2.48 bits per heavy atom. The lowest BCUT2D eigenvalue weighted by Gasteiger charge is -2.26. The summed E-state index contributed by atoms with van der Waals surface area (Å²) in [6.07, 6.45) is -0.421. The minimum Gasteiger partial charge on any atom is -0.486 e. The molecule has 132 valence electrons. The third kappa shape index (κ3) is 3.92. The topological polar surface area (TPSA) is 93.7 Å². The number of hydrogen-bond donors (Lipinski definition) is 2. The van der Waals surface area contributed by atoms with Gasteiger partial charge in [-0.05, 0) is 36.4 Å². The fourth-order valence-corrected chi connectivity index (χ4v) is 3.45. The molecule has 1 heterocycles. The monoisotopic (exact) mass is 362 g/mol. The molecule has 2 N–H and O–H groups in total. The molecule has 1 aliphatic rings. The van der Waals surface area contributed by atoms with E-state index >= 15 is 0 Å². The minimum atomic E-state index is -3.70. The van der Waals surface area contributed by atoms with Gasteiger partial charge in [-0.15, -0.1) is 0 Å². The van der Waals surface area contributed by atoms with Crippen molar-refractivity contribution in [2.75, 3.05) is 20.2 Å². The second kappa shape index (κ2) is 7.12. The molecule has 1 atom stereocenters. The zero-order valence-corrected chi connectivity index (χ0v) is 14.4. The van der Waals surface area contributed by atoms with E-state index in [0.717, 1.165) is 0 Å². The number of hydrogen-bond acceptors (Lipinski definition) is 5. The summed E-state index contributed by atoms with van der Waals surface area (Å²) in [6.45, 7) is 0.336. The van der Waals surface area contributed by atoms with E-state index in [0.29, 0.717) is 17.1 Å². The molecule has 25 heavy (non-hydrogen) atoms. The van der Waals surface area contributed by atoms with E-state index in [4.69, 9.17) is 9.47 Å². The summed E-state index contributed by atoms with van der Waals surface area (Å²) in [7, 11) is -2.19. The summed E-state index contributed by atoms with van der Waals surface area (Å²) in [6, 6.07) is 12.9. The second-order valence-electron chi connectivity index (χ2n) is 5.45. The first-order chi connectivity index (χ1) is 12.0. The largest absolute Gasteiger partial charge is 0.486 e. The third-order valence-corrected chi connectivity index (χ3v) is 5.16. The Morgan fingerprint density at radius 2 is 1.80 bits per heavy atom. The molecule has 0 fully saturated rings. The molecule has 0 aromatic heterocycles. The van der Waals surface area contributed by atoms with Crippen LogP contribution >= 0.6 is 0 Å². The SMILES string of the molecule is CNC(=O)c1ccc(S(=O)(=O)NC[C@H]2COc3ccccc3O2)cc1. The van der Waals surface area contributed by atoms with Gasteiger partial charge in [-0.25, -0.2) is 13.1 Å². The van der Waals surface area contributed by atoms with Crippen molar-refractivity contribution in [2.24, 2.45) is 0 Å². The lowest BCUT2D eigenvalue weighted by Crippen LogP contribution is -2.40. The van der Waals surface area contributed by atoms with Crippen LogP contribution in [-0.4, -0.2) is 40.6 Å². The maximum atomic E-state index is 12.4. The second-order valence-corrected chi connectivity index (χ2v) is 7.22. The van der Waals surface area contributed by atoms with Gasteiger partial charge in [0.1, 0.15) is 12.7 Å². The third-order valence-electron chi connectivity index (χ3n) is 3.72. The van der Waals surface area contributed by atoms with Gasteiger partial charge in [0.15, 0.2) is 11.5 Å². The van der Waals surface area contributed by atoms with E-state index in [1.54, 1.807) is 12.1 Å². The molecule has 7 nitrogen and oxygen atoms in total. The number of fused-ring (bicyclic) bond motifs is 1. The zero-order chi connectivity index (χ0) is 17.9. The molecule has 1 aliphatic heterocycles. The number of para-hydroxylation sites is 2. The van der Waals surface area contributed by atoms with Crippen LogP contribution < -0.4 is 19.5 Å². The number of nitrogens with one attached hydrogen (secondary N) is 2. The molecule has 0 aliphatic carbocycles. The Labute approximate surface area is 146 Å². The molecule has 0 spiro atoms. The smallest absolute Gasteiger partial charge is 0.251 e. The van der Waals surface area contributed by atoms with Crippen molar-refractivity contribution in [3.05, 3.63) is 54.1 Å². The van der Waals surface area contributed by atoms with E-state index in [9.17, 15) is 13.2 Å². The van der Waals surface area contributed by atoms with Crippen LogP contribution in [-0.2, 0) is 10.0 Å². The molecule has 0 saturated carbocycles. The number of benzene rings is 2. The van der Waals surface area contributed by atoms with Crippen molar-refractivity contribution in [1.29, 1.82) is 0 Å². The van der Waals surface area contributed by atoms with Crippen LogP contribution in [0.2, 0.25) is 0 Å². The first kappa shape index (κ1) is 17.2. The summed E-state index contributed by atoms with van der Waals surface area (Å²) in [5.74, 6) is 0.961. The zero-order valence-electron chi connectivity index (χ0n) is 13.6. The van der Waals surface area contributed by atoms with Gasteiger partial charge in [0.2, 0.25) is 10.0 Å². The summed E-state index contributed by atoms with van der Waals surface area (Å²) in [4.78, 5) is 11.6. The van der Waals surface area contributed by atoms with Crippen molar-refractivity contribution in [1.82, 2.24) is 10.0 Å². The van der Waals surface area contributed by atoms with Crippen molar-refractivity contribution in [3.63, 3.8) is 0 Å². The summed E-state index contributed by atoms with van der Waals surface area (Å²) < 4.78 is 38.5. The number of rotatable bonds is 5. The minimum absolute atomic E-state index is 0.0772. The fourth-order valence-electron chi connectivity index (χ4n) is 2.38. The van der Waals surface area contributed by atoms with E-state index in [-0.39, 0.29) is 24.0 Å². The molecule has 8 heteroatoms. The normalized spacial score (nSPS) is 16.3. The summed E-state index contributed by atoms with van der Waals surface area (Å²) >= 11 is 0. The molecular formula is C17H18N2O5S. The molecule has 2 aromatic carbocycles. The van der Waals surface area contributed by atoms with E-state index in [1.165, 1.54) is 31.3 Å². The Kier molecular flexibility index (Phi) is 4.91. The Morgan fingerprint density at radius 1 is 1.12 bits per heavy atom.